The van der Waals surface area contributed by atoms with Crippen LogP contribution in [-0.2, 0) is 24.2 Å². The van der Waals surface area contributed by atoms with E-state index >= 15 is 0 Å². The normalized spacial score (nSPS) is 12.3. The number of hydrogen-bond donors (Lipinski definition) is 0. The standard InChI is InChI=1S/C19H18F6O2/c1-2-3-13-4-7-15(17(20)10-13)12-26-18(21,22)11-14-5-8-16(9-6-14)27-19(23,24)25/h4-10H,2-3,11-12H2,1H3. The van der Waals surface area contributed by atoms with Crippen molar-refractivity contribution >= 4 is 0 Å². The predicted molar refractivity (Wildman–Crippen MR) is 87.0 cm³/mol. The molecule has 0 bridgehead atoms. The highest BCUT2D eigenvalue weighted by atomic mass is 19.4. The molecule has 0 aromatic heterocycles. The Morgan fingerprint density at radius 3 is 2.07 bits per heavy atom. The minimum Gasteiger partial charge on any atom is -0.406 e. The minimum absolute atomic E-state index is 0.00320. The van der Waals surface area contributed by atoms with Crippen LogP contribution in [0.15, 0.2) is 42.5 Å². The number of hydrogen-bond acceptors (Lipinski definition) is 2. The third kappa shape index (κ3) is 7.13. The summed E-state index contributed by atoms with van der Waals surface area (Å²) in [5, 5.41) is 0. The van der Waals surface area contributed by atoms with Crippen molar-refractivity contribution in [2.24, 2.45) is 0 Å². The van der Waals surface area contributed by atoms with Crippen molar-refractivity contribution in [1.82, 2.24) is 0 Å². The zero-order valence-electron chi connectivity index (χ0n) is 14.5. The van der Waals surface area contributed by atoms with Gasteiger partial charge in [-0.05, 0) is 35.7 Å². The molecule has 0 aliphatic heterocycles. The Kier molecular flexibility index (Phi) is 6.75. The molecular formula is C19H18F6O2. The lowest BCUT2D eigenvalue weighted by Gasteiger charge is -2.18. The molecule has 0 aliphatic carbocycles. The Bertz CT molecular complexity index is 741. The number of benzene rings is 2. The fourth-order valence-electron chi connectivity index (χ4n) is 2.43. The molecule has 0 atom stereocenters. The van der Waals surface area contributed by atoms with Gasteiger partial charge in [-0.15, -0.1) is 13.2 Å². The molecule has 0 N–H and O–H groups in total. The lowest BCUT2D eigenvalue weighted by molar-refractivity contribution is -0.274. The summed E-state index contributed by atoms with van der Waals surface area (Å²) in [5.41, 5.74) is 0.823. The molecule has 0 aliphatic rings. The highest BCUT2D eigenvalue weighted by Crippen LogP contribution is 2.27. The minimum atomic E-state index is -4.86. The monoisotopic (exact) mass is 392 g/mol. The van der Waals surface area contributed by atoms with Crippen molar-refractivity contribution in [1.29, 1.82) is 0 Å². The molecule has 0 fully saturated rings. The molecule has 27 heavy (non-hydrogen) atoms. The van der Waals surface area contributed by atoms with Crippen molar-refractivity contribution in [3.05, 3.63) is 65.0 Å². The number of rotatable bonds is 8. The molecule has 0 spiro atoms. The van der Waals surface area contributed by atoms with E-state index in [4.69, 9.17) is 0 Å². The van der Waals surface area contributed by atoms with Gasteiger partial charge in [0.05, 0.1) is 13.0 Å². The third-order valence-electron chi connectivity index (χ3n) is 3.66. The zero-order valence-corrected chi connectivity index (χ0v) is 14.5. The summed E-state index contributed by atoms with van der Waals surface area (Å²) in [6.07, 6.45) is -7.82. The number of halogens is 6. The van der Waals surface area contributed by atoms with E-state index in [0.29, 0.717) is 6.42 Å². The van der Waals surface area contributed by atoms with Crippen LogP contribution in [-0.4, -0.2) is 12.5 Å². The van der Waals surface area contributed by atoms with E-state index in [-0.39, 0.29) is 11.1 Å². The first-order valence-electron chi connectivity index (χ1n) is 8.22. The van der Waals surface area contributed by atoms with Gasteiger partial charge in [0.15, 0.2) is 0 Å². The smallest absolute Gasteiger partial charge is 0.406 e. The number of alkyl halides is 5. The van der Waals surface area contributed by atoms with Gasteiger partial charge in [0, 0.05) is 5.56 Å². The third-order valence-corrected chi connectivity index (χ3v) is 3.66. The molecular weight excluding hydrogens is 374 g/mol. The highest BCUT2D eigenvalue weighted by Gasteiger charge is 2.32. The van der Waals surface area contributed by atoms with Gasteiger partial charge in [-0.2, -0.15) is 8.78 Å². The van der Waals surface area contributed by atoms with Crippen LogP contribution in [0.4, 0.5) is 26.3 Å². The van der Waals surface area contributed by atoms with Crippen LogP contribution in [0.3, 0.4) is 0 Å². The van der Waals surface area contributed by atoms with Crippen molar-refractivity contribution in [3.8, 4) is 5.75 Å². The molecule has 2 aromatic carbocycles. The van der Waals surface area contributed by atoms with E-state index in [1.165, 1.54) is 12.1 Å². The van der Waals surface area contributed by atoms with Gasteiger partial charge in [0.1, 0.15) is 11.6 Å². The summed E-state index contributed by atoms with van der Waals surface area (Å²) in [6, 6.07) is 8.38. The maximum atomic E-state index is 13.9. The van der Waals surface area contributed by atoms with Crippen LogP contribution < -0.4 is 4.74 Å². The van der Waals surface area contributed by atoms with Gasteiger partial charge < -0.3 is 9.47 Å². The molecule has 2 aromatic rings. The molecule has 0 saturated carbocycles. The fourth-order valence-corrected chi connectivity index (χ4v) is 2.43. The quantitative estimate of drug-likeness (QED) is 0.511. The van der Waals surface area contributed by atoms with E-state index in [9.17, 15) is 26.3 Å². The van der Waals surface area contributed by atoms with E-state index in [0.717, 1.165) is 36.2 Å². The van der Waals surface area contributed by atoms with Gasteiger partial charge in [-0.3, -0.25) is 0 Å². The molecule has 0 amide bonds. The van der Waals surface area contributed by atoms with E-state index < -0.39 is 37.1 Å². The highest BCUT2D eigenvalue weighted by molar-refractivity contribution is 5.28. The Morgan fingerprint density at radius 1 is 0.889 bits per heavy atom. The van der Waals surface area contributed by atoms with Crippen molar-refractivity contribution < 1.29 is 35.8 Å². The molecule has 0 heterocycles. The predicted octanol–water partition coefficient (Wildman–Crippen LogP) is 6.03. The molecule has 2 nitrogen and oxygen atoms in total. The number of ether oxygens (including phenoxy) is 2. The topological polar surface area (TPSA) is 18.5 Å². The second-order valence-electron chi connectivity index (χ2n) is 5.97. The molecule has 8 heteroatoms. The average molecular weight is 392 g/mol. The maximum absolute atomic E-state index is 13.9. The van der Waals surface area contributed by atoms with Gasteiger partial charge in [-0.1, -0.05) is 37.6 Å². The number of aryl methyl sites for hydroxylation is 1. The van der Waals surface area contributed by atoms with Gasteiger partial charge in [-0.25, -0.2) is 4.39 Å². The summed E-state index contributed by atoms with van der Waals surface area (Å²) in [5.74, 6) is -1.13. The summed E-state index contributed by atoms with van der Waals surface area (Å²) >= 11 is 0. The van der Waals surface area contributed by atoms with Crippen LogP contribution in [0.2, 0.25) is 0 Å². The van der Waals surface area contributed by atoms with Crippen LogP contribution in [0, 0.1) is 5.82 Å². The summed E-state index contributed by atoms with van der Waals surface area (Å²) in [7, 11) is 0. The Morgan fingerprint density at radius 2 is 1.52 bits per heavy atom. The van der Waals surface area contributed by atoms with Crippen LogP contribution in [0.5, 0.6) is 5.75 Å². The molecule has 0 saturated heterocycles. The largest absolute Gasteiger partial charge is 0.573 e. The lowest BCUT2D eigenvalue weighted by Crippen LogP contribution is -2.24. The molecule has 0 radical (unpaired) electrons. The van der Waals surface area contributed by atoms with Crippen LogP contribution >= 0.6 is 0 Å². The molecule has 148 valence electrons. The van der Waals surface area contributed by atoms with E-state index in [1.54, 1.807) is 6.07 Å². The Hall–Kier alpha value is -2.22. The maximum Gasteiger partial charge on any atom is 0.573 e. The first kappa shape index (κ1) is 21.1. The average Bonchev–Trinajstić information content (AvgIpc) is 2.55. The van der Waals surface area contributed by atoms with Crippen molar-refractivity contribution in [3.63, 3.8) is 0 Å². The van der Waals surface area contributed by atoms with E-state index in [1.807, 2.05) is 6.92 Å². The second kappa shape index (κ2) is 8.65. The fraction of sp³-hybridized carbons (Fsp3) is 0.368. The van der Waals surface area contributed by atoms with E-state index in [2.05, 4.69) is 9.47 Å². The summed E-state index contributed by atoms with van der Waals surface area (Å²) in [4.78, 5) is 0. The summed E-state index contributed by atoms with van der Waals surface area (Å²) in [6.45, 7) is 1.32. The summed E-state index contributed by atoms with van der Waals surface area (Å²) < 4.78 is 86.3. The van der Waals surface area contributed by atoms with Gasteiger partial charge in [0.25, 0.3) is 0 Å². The first-order chi connectivity index (χ1) is 12.6. The molecule has 2 rings (SSSR count). The first-order valence-corrected chi connectivity index (χ1v) is 8.22. The Balaban J connectivity index is 1.94. The second-order valence-corrected chi connectivity index (χ2v) is 5.97. The van der Waals surface area contributed by atoms with Crippen molar-refractivity contribution in [2.45, 2.75) is 45.3 Å². The SMILES string of the molecule is CCCc1ccc(COC(F)(F)Cc2ccc(OC(F)(F)F)cc2)c(F)c1. The van der Waals surface area contributed by atoms with Crippen LogP contribution in [0.25, 0.3) is 0 Å². The van der Waals surface area contributed by atoms with Gasteiger partial charge in [0.2, 0.25) is 0 Å². The van der Waals surface area contributed by atoms with Gasteiger partial charge >= 0.3 is 12.5 Å². The van der Waals surface area contributed by atoms with Crippen molar-refractivity contribution in [2.75, 3.05) is 0 Å². The lowest BCUT2D eigenvalue weighted by atomic mass is 10.1. The zero-order chi connectivity index (χ0) is 20.1. The molecule has 0 unspecified atom stereocenters. The Labute approximate surface area is 152 Å². The van der Waals surface area contributed by atoms with Crippen LogP contribution in [0.1, 0.15) is 30.0 Å².